The lowest BCUT2D eigenvalue weighted by Gasteiger charge is -2.05. The molecule has 2 nitrogen and oxygen atoms in total. The van der Waals surface area contributed by atoms with Crippen molar-refractivity contribution in [3.05, 3.63) is 29.3 Å². The predicted octanol–water partition coefficient (Wildman–Crippen LogP) is 2.11. The van der Waals surface area contributed by atoms with E-state index in [4.69, 9.17) is 9.84 Å². The second-order valence-electron chi connectivity index (χ2n) is 4.74. The quantitative estimate of drug-likeness (QED) is 0.799. The van der Waals surface area contributed by atoms with Crippen LogP contribution in [0.15, 0.2) is 18.2 Å². The van der Waals surface area contributed by atoms with Crippen molar-refractivity contribution in [3.8, 4) is 5.75 Å². The highest BCUT2D eigenvalue weighted by molar-refractivity contribution is 5.47. The van der Waals surface area contributed by atoms with Crippen molar-refractivity contribution in [2.75, 3.05) is 6.61 Å². The number of benzene rings is 1. The number of hydrogen-bond donors (Lipinski definition) is 1. The lowest BCUT2D eigenvalue weighted by atomic mass is 9.99. The van der Waals surface area contributed by atoms with Gasteiger partial charge in [0.25, 0.3) is 0 Å². The van der Waals surface area contributed by atoms with Gasteiger partial charge in [-0.3, -0.25) is 0 Å². The lowest BCUT2D eigenvalue weighted by Crippen LogP contribution is -2.05. The van der Waals surface area contributed by atoms with Gasteiger partial charge in [0.2, 0.25) is 0 Å². The minimum Gasteiger partial charge on any atom is -0.490 e. The topological polar surface area (TPSA) is 29.5 Å². The van der Waals surface area contributed by atoms with Crippen LogP contribution < -0.4 is 4.74 Å². The molecule has 1 heterocycles. The molecule has 3 unspecified atom stereocenters. The average Bonchev–Trinajstić information content (AvgIpc) is 2.91. The summed E-state index contributed by atoms with van der Waals surface area (Å²) in [6, 6.07) is 6.32. The third-order valence-corrected chi connectivity index (χ3v) is 3.55. The fraction of sp³-hybridized carbons (Fsp3) is 0.538. The largest absolute Gasteiger partial charge is 0.490 e. The molecular formula is C13H16O2. The molecule has 0 bridgehead atoms. The molecule has 0 amide bonds. The SMILES string of the molecule is CC1Cc2c(cccc2C2CC2CO)O1. The summed E-state index contributed by atoms with van der Waals surface area (Å²) >= 11 is 0. The van der Waals surface area contributed by atoms with Crippen molar-refractivity contribution < 1.29 is 9.84 Å². The van der Waals surface area contributed by atoms with Gasteiger partial charge in [0.1, 0.15) is 11.9 Å². The zero-order valence-corrected chi connectivity index (χ0v) is 8.94. The van der Waals surface area contributed by atoms with Crippen molar-refractivity contribution in [2.45, 2.75) is 31.8 Å². The van der Waals surface area contributed by atoms with E-state index >= 15 is 0 Å². The number of rotatable bonds is 2. The summed E-state index contributed by atoms with van der Waals surface area (Å²) in [5.41, 5.74) is 2.79. The van der Waals surface area contributed by atoms with Crippen LogP contribution in [-0.4, -0.2) is 17.8 Å². The van der Waals surface area contributed by atoms with Crippen molar-refractivity contribution in [2.24, 2.45) is 5.92 Å². The summed E-state index contributed by atoms with van der Waals surface area (Å²) in [5.74, 6) is 2.13. The van der Waals surface area contributed by atoms with E-state index in [0.717, 1.165) is 18.6 Å². The second kappa shape index (κ2) is 3.24. The Hall–Kier alpha value is -1.02. The molecule has 2 heteroatoms. The van der Waals surface area contributed by atoms with Crippen LogP contribution in [0.1, 0.15) is 30.4 Å². The number of ether oxygens (including phenoxy) is 1. The molecule has 80 valence electrons. The van der Waals surface area contributed by atoms with Gasteiger partial charge in [-0.05, 0) is 36.8 Å². The van der Waals surface area contributed by atoms with Crippen molar-refractivity contribution in [1.82, 2.24) is 0 Å². The van der Waals surface area contributed by atoms with Crippen molar-refractivity contribution in [3.63, 3.8) is 0 Å². The Morgan fingerprint density at radius 2 is 2.33 bits per heavy atom. The number of fused-ring (bicyclic) bond motifs is 1. The van der Waals surface area contributed by atoms with Crippen LogP contribution in [0.3, 0.4) is 0 Å². The molecule has 0 aromatic heterocycles. The fourth-order valence-corrected chi connectivity index (χ4v) is 2.64. The van der Waals surface area contributed by atoms with Gasteiger partial charge in [-0.1, -0.05) is 12.1 Å². The summed E-state index contributed by atoms with van der Waals surface area (Å²) in [5, 5.41) is 9.11. The van der Waals surface area contributed by atoms with Crippen LogP contribution in [0.2, 0.25) is 0 Å². The van der Waals surface area contributed by atoms with E-state index in [0.29, 0.717) is 24.5 Å². The van der Waals surface area contributed by atoms with E-state index in [9.17, 15) is 0 Å². The van der Waals surface area contributed by atoms with E-state index in [1.54, 1.807) is 0 Å². The molecule has 1 aromatic carbocycles. The predicted molar refractivity (Wildman–Crippen MR) is 58.2 cm³/mol. The maximum atomic E-state index is 9.11. The smallest absolute Gasteiger partial charge is 0.123 e. The number of hydrogen-bond acceptors (Lipinski definition) is 2. The molecule has 0 spiro atoms. The summed E-state index contributed by atoms with van der Waals surface area (Å²) in [4.78, 5) is 0. The van der Waals surface area contributed by atoms with Gasteiger partial charge in [-0.2, -0.15) is 0 Å². The molecule has 2 aliphatic rings. The first-order chi connectivity index (χ1) is 7.29. The Morgan fingerprint density at radius 3 is 3.07 bits per heavy atom. The molecule has 1 aliphatic heterocycles. The van der Waals surface area contributed by atoms with Crippen LogP contribution in [0.25, 0.3) is 0 Å². The summed E-state index contributed by atoms with van der Waals surface area (Å²) < 4.78 is 5.73. The average molecular weight is 204 g/mol. The van der Waals surface area contributed by atoms with E-state index in [1.807, 2.05) is 0 Å². The van der Waals surface area contributed by atoms with Gasteiger partial charge in [0.05, 0.1) is 0 Å². The van der Waals surface area contributed by atoms with Crippen LogP contribution in [0, 0.1) is 5.92 Å². The molecular weight excluding hydrogens is 188 g/mol. The summed E-state index contributed by atoms with van der Waals surface area (Å²) in [6.07, 6.45) is 2.48. The second-order valence-corrected chi connectivity index (χ2v) is 4.74. The monoisotopic (exact) mass is 204 g/mol. The van der Waals surface area contributed by atoms with Crippen LogP contribution in [-0.2, 0) is 6.42 Å². The molecule has 15 heavy (non-hydrogen) atoms. The first-order valence-corrected chi connectivity index (χ1v) is 5.69. The molecule has 0 saturated heterocycles. The van der Waals surface area contributed by atoms with Gasteiger partial charge in [-0.15, -0.1) is 0 Å². The molecule has 1 fully saturated rings. The molecule has 1 N–H and O–H groups in total. The maximum absolute atomic E-state index is 9.11. The highest BCUT2D eigenvalue weighted by atomic mass is 16.5. The molecule has 1 aromatic rings. The Morgan fingerprint density at radius 1 is 1.47 bits per heavy atom. The molecule has 1 saturated carbocycles. The normalized spacial score (nSPS) is 32.3. The van der Waals surface area contributed by atoms with Crippen molar-refractivity contribution in [1.29, 1.82) is 0 Å². The molecule has 3 rings (SSSR count). The van der Waals surface area contributed by atoms with E-state index in [2.05, 4.69) is 25.1 Å². The highest BCUT2D eigenvalue weighted by Gasteiger charge is 2.40. The first-order valence-electron chi connectivity index (χ1n) is 5.69. The van der Waals surface area contributed by atoms with Gasteiger partial charge in [0, 0.05) is 18.6 Å². The summed E-state index contributed by atoms with van der Waals surface area (Å²) in [6.45, 7) is 2.44. The van der Waals surface area contributed by atoms with E-state index < -0.39 is 0 Å². The van der Waals surface area contributed by atoms with E-state index in [-0.39, 0.29) is 0 Å². The Labute approximate surface area is 89.9 Å². The number of aliphatic hydroxyl groups excluding tert-OH is 1. The minimum atomic E-state index is 0.312. The van der Waals surface area contributed by atoms with E-state index in [1.165, 1.54) is 11.1 Å². The summed E-state index contributed by atoms with van der Waals surface area (Å²) in [7, 11) is 0. The molecule has 1 aliphatic carbocycles. The Kier molecular flexibility index (Phi) is 1.99. The maximum Gasteiger partial charge on any atom is 0.123 e. The van der Waals surface area contributed by atoms with Gasteiger partial charge in [-0.25, -0.2) is 0 Å². The minimum absolute atomic E-state index is 0.312. The third kappa shape index (κ3) is 1.44. The van der Waals surface area contributed by atoms with Gasteiger partial charge >= 0.3 is 0 Å². The van der Waals surface area contributed by atoms with Gasteiger partial charge < -0.3 is 9.84 Å². The van der Waals surface area contributed by atoms with Crippen molar-refractivity contribution >= 4 is 0 Å². The van der Waals surface area contributed by atoms with Gasteiger partial charge in [0.15, 0.2) is 0 Å². The third-order valence-electron chi connectivity index (χ3n) is 3.55. The Balaban J connectivity index is 1.94. The number of aliphatic hydroxyl groups is 1. The Bertz CT molecular complexity index is 386. The lowest BCUT2D eigenvalue weighted by molar-refractivity contribution is 0.254. The highest BCUT2D eigenvalue weighted by Crippen LogP contribution is 2.50. The molecule has 0 radical (unpaired) electrons. The zero-order valence-electron chi connectivity index (χ0n) is 8.94. The van der Waals surface area contributed by atoms with Crippen LogP contribution in [0.5, 0.6) is 5.75 Å². The first kappa shape index (κ1) is 9.22. The van der Waals surface area contributed by atoms with Crippen LogP contribution in [0.4, 0.5) is 0 Å². The zero-order chi connectivity index (χ0) is 10.4. The standard InChI is InChI=1S/C13H16O2/c1-8-5-12-10(11-6-9(11)7-14)3-2-4-13(12)15-8/h2-4,8-9,11,14H,5-7H2,1H3. The molecule has 3 atom stereocenters. The van der Waals surface area contributed by atoms with Crippen LogP contribution >= 0.6 is 0 Å². The fourth-order valence-electron chi connectivity index (χ4n) is 2.64.